The van der Waals surface area contributed by atoms with Crippen molar-refractivity contribution in [3.05, 3.63) is 34.4 Å². The summed E-state index contributed by atoms with van der Waals surface area (Å²) in [4.78, 5) is 19.7. The fourth-order valence-corrected chi connectivity index (χ4v) is 2.83. The van der Waals surface area contributed by atoms with Crippen LogP contribution in [0.25, 0.3) is 10.9 Å². The highest BCUT2D eigenvalue weighted by atomic mass is 16.5. The molecule has 0 bridgehead atoms. The van der Waals surface area contributed by atoms with E-state index in [1.807, 2.05) is 12.1 Å². The van der Waals surface area contributed by atoms with Gasteiger partial charge in [0.2, 0.25) is 0 Å². The summed E-state index contributed by atoms with van der Waals surface area (Å²) in [6.45, 7) is 0. The van der Waals surface area contributed by atoms with Gasteiger partial charge in [0.05, 0.1) is 18.0 Å². The fourth-order valence-electron chi connectivity index (χ4n) is 2.83. The van der Waals surface area contributed by atoms with E-state index in [1.165, 1.54) is 19.3 Å². The van der Waals surface area contributed by atoms with Crippen molar-refractivity contribution in [3.8, 4) is 5.75 Å². The zero-order valence-electron chi connectivity index (χ0n) is 11.1. The van der Waals surface area contributed by atoms with E-state index in [4.69, 9.17) is 4.74 Å². The molecule has 1 N–H and O–H groups in total. The van der Waals surface area contributed by atoms with E-state index in [2.05, 4.69) is 9.97 Å². The van der Waals surface area contributed by atoms with Crippen molar-refractivity contribution >= 4 is 10.9 Å². The third-order valence-electron chi connectivity index (χ3n) is 3.92. The molecule has 1 heterocycles. The average Bonchev–Trinajstić information content (AvgIpc) is 2.48. The molecule has 3 rings (SSSR count). The van der Waals surface area contributed by atoms with Crippen LogP contribution in [0.4, 0.5) is 0 Å². The van der Waals surface area contributed by atoms with Crippen LogP contribution in [0.2, 0.25) is 0 Å². The number of nitrogens with zero attached hydrogens (tertiary/aromatic N) is 1. The number of nitrogens with one attached hydrogen (secondary N) is 1. The van der Waals surface area contributed by atoms with Gasteiger partial charge in [-0.2, -0.15) is 0 Å². The zero-order chi connectivity index (χ0) is 13.2. The first-order valence-corrected chi connectivity index (χ1v) is 6.86. The number of hydrogen-bond donors (Lipinski definition) is 1. The van der Waals surface area contributed by atoms with Gasteiger partial charge >= 0.3 is 0 Å². The summed E-state index contributed by atoms with van der Waals surface area (Å²) < 4.78 is 5.14. The molecule has 1 aromatic carbocycles. The Morgan fingerprint density at radius 1 is 1.26 bits per heavy atom. The molecule has 0 unspecified atom stereocenters. The van der Waals surface area contributed by atoms with Crippen molar-refractivity contribution in [1.82, 2.24) is 9.97 Å². The van der Waals surface area contributed by atoms with Gasteiger partial charge in [-0.1, -0.05) is 19.3 Å². The molecule has 4 nitrogen and oxygen atoms in total. The highest BCUT2D eigenvalue weighted by molar-refractivity contribution is 5.79. The molecule has 0 spiro atoms. The monoisotopic (exact) mass is 258 g/mol. The Morgan fingerprint density at radius 2 is 2.05 bits per heavy atom. The van der Waals surface area contributed by atoms with E-state index < -0.39 is 0 Å². The molecule has 0 aliphatic heterocycles. The van der Waals surface area contributed by atoms with Crippen LogP contribution in [-0.4, -0.2) is 17.1 Å². The third kappa shape index (κ3) is 2.35. The molecule has 0 atom stereocenters. The second kappa shape index (κ2) is 5.03. The van der Waals surface area contributed by atoms with Crippen molar-refractivity contribution in [2.24, 2.45) is 0 Å². The van der Waals surface area contributed by atoms with Crippen LogP contribution in [0.5, 0.6) is 5.75 Å². The van der Waals surface area contributed by atoms with E-state index in [1.54, 1.807) is 13.2 Å². The average molecular weight is 258 g/mol. The van der Waals surface area contributed by atoms with Crippen LogP contribution in [-0.2, 0) is 0 Å². The lowest BCUT2D eigenvalue weighted by Crippen LogP contribution is -2.16. The van der Waals surface area contributed by atoms with E-state index in [0.717, 1.165) is 24.2 Å². The van der Waals surface area contributed by atoms with E-state index in [9.17, 15) is 4.79 Å². The van der Waals surface area contributed by atoms with Crippen molar-refractivity contribution in [2.75, 3.05) is 7.11 Å². The second-order valence-electron chi connectivity index (χ2n) is 5.17. The number of benzene rings is 1. The Morgan fingerprint density at radius 3 is 2.79 bits per heavy atom. The Hall–Kier alpha value is -1.84. The smallest absolute Gasteiger partial charge is 0.258 e. The lowest BCUT2D eigenvalue weighted by molar-refractivity contribution is 0.415. The molecule has 100 valence electrons. The van der Waals surface area contributed by atoms with Crippen LogP contribution in [0, 0.1) is 0 Å². The molecule has 1 aliphatic rings. The molecule has 1 fully saturated rings. The van der Waals surface area contributed by atoms with Gasteiger partial charge in [0.25, 0.3) is 5.56 Å². The quantitative estimate of drug-likeness (QED) is 0.901. The molecular weight excluding hydrogens is 240 g/mol. The van der Waals surface area contributed by atoms with Crippen LogP contribution in [0.15, 0.2) is 23.0 Å². The maximum Gasteiger partial charge on any atom is 0.258 e. The molecule has 0 amide bonds. The number of fused-ring (bicyclic) bond motifs is 1. The number of aromatic amines is 1. The maximum absolute atomic E-state index is 12.2. The van der Waals surface area contributed by atoms with Crippen molar-refractivity contribution in [3.63, 3.8) is 0 Å². The molecule has 1 aromatic heterocycles. The molecule has 0 radical (unpaired) electrons. The Balaban J connectivity index is 2.06. The van der Waals surface area contributed by atoms with Crippen LogP contribution < -0.4 is 10.3 Å². The normalized spacial score (nSPS) is 16.7. The molecule has 0 saturated heterocycles. The first kappa shape index (κ1) is 12.2. The van der Waals surface area contributed by atoms with Gasteiger partial charge in [-0.3, -0.25) is 4.79 Å². The minimum Gasteiger partial charge on any atom is -0.497 e. The molecule has 2 aromatic rings. The van der Waals surface area contributed by atoms with Gasteiger partial charge in [-0.25, -0.2) is 4.98 Å². The lowest BCUT2D eigenvalue weighted by Gasteiger charge is -2.20. The standard InChI is InChI=1S/C15H18N2O2/c1-19-11-7-8-13-12(9-11)15(18)17-14(16-13)10-5-3-2-4-6-10/h7-10H,2-6H2,1H3,(H,16,17,18). The summed E-state index contributed by atoms with van der Waals surface area (Å²) in [5, 5.41) is 0.596. The van der Waals surface area contributed by atoms with Gasteiger partial charge in [0.15, 0.2) is 0 Å². The number of rotatable bonds is 2. The predicted molar refractivity (Wildman–Crippen MR) is 74.7 cm³/mol. The fraction of sp³-hybridized carbons (Fsp3) is 0.467. The Kier molecular flexibility index (Phi) is 3.23. The summed E-state index contributed by atoms with van der Waals surface area (Å²) in [6, 6.07) is 5.45. The second-order valence-corrected chi connectivity index (χ2v) is 5.17. The topological polar surface area (TPSA) is 55.0 Å². The largest absolute Gasteiger partial charge is 0.497 e. The highest BCUT2D eigenvalue weighted by Crippen LogP contribution is 2.30. The van der Waals surface area contributed by atoms with Crippen LogP contribution in [0.3, 0.4) is 0 Å². The Bertz CT molecular complexity index is 642. The van der Waals surface area contributed by atoms with Crippen molar-refractivity contribution < 1.29 is 4.74 Å². The third-order valence-corrected chi connectivity index (χ3v) is 3.92. The van der Waals surface area contributed by atoms with Crippen LogP contribution in [0.1, 0.15) is 43.8 Å². The molecule has 4 heteroatoms. The zero-order valence-corrected chi connectivity index (χ0v) is 11.1. The van der Waals surface area contributed by atoms with E-state index in [-0.39, 0.29) is 5.56 Å². The number of ether oxygens (including phenoxy) is 1. The first-order chi connectivity index (χ1) is 9.28. The predicted octanol–water partition coefficient (Wildman–Crippen LogP) is 2.98. The minimum absolute atomic E-state index is 0.0653. The van der Waals surface area contributed by atoms with Gasteiger partial charge < -0.3 is 9.72 Å². The SMILES string of the molecule is COc1ccc2nc(C3CCCCC3)[nH]c(=O)c2c1. The summed E-state index contributed by atoms with van der Waals surface area (Å²) in [6.07, 6.45) is 6.02. The lowest BCUT2D eigenvalue weighted by atomic mass is 9.88. The van der Waals surface area contributed by atoms with Gasteiger partial charge in [-0.15, -0.1) is 0 Å². The number of aromatic nitrogens is 2. The van der Waals surface area contributed by atoms with E-state index >= 15 is 0 Å². The molecular formula is C15H18N2O2. The molecule has 1 saturated carbocycles. The summed E-state index contributed by atoms with van der Waals surface area (Å²) in [5.41, 5.74) is 0.689. The number of methoxy groups -OCH3 is 1. The Labute approximate surface area is 111 Å². The molecule has 1 aliphatic carbocycles. The van der Waals surface area contributed by atoms with Gasteiger partial charge in [0.1, 0.15) is 11.6 Å². The minimum atomic E-state index is -0.0653. The first-order valence-electron chi connectivity index (χ1n) is 6.86. The summed E-state index contributed by atoms with van der Waals surface area (Å²) in [7, 11) is 1.60. The summed E-state index contributed by atoms with van der Waals surface area (Å²) >= 11 is 0. The van der Waals surface area contributed by atoms with Crippen LogP contribution >= 0.6 is 0 Å². The number of H-pyrrole nitrogens is 1. The van der Waals surface area contributed by atoms with Gasteiger partial charge in [0, 0.05) is 5.92 Å². The summed E-state index contributed by atoms with van der Waals surface area (Å²) in [5.74, 6) is 1.94. The highest BCUT2D eigenvalue weighted by Gasteiger charge is 2.18. The number of hydrogen-bond acceptors (Lipinski definition) is 3. The molecule has 19 heavy (non-hydrogen) atoms. The maximum atomic E-state index is 12.2. The van der Waals surface area contributed by atoms with Crippen molar-refractivity contribution in [2.45, 2.75) is 38.0 Å². The van der Waals surface area contributed by atoms with Gasteiger partial charge in [-0.05, 0) is 31.0 Å². The van der Waals surface area contributed by atoms with E-state index in [0.29, 0.717) is 17.1 Å². The van der Waals surface area contributed by atoms with Crippen molar-refractivity contribution in [1.29, 1.82) is 0 Å².